The minimum Gasteiger partial charge on any atom is -0.480 e. The molecule has 0 saturated heterocycles. The van der Waals surface area contributed by atoms with E-state index in [0.717, 1.165) is 5.39 Å². The van der Waals surface area contributed by atoms with Crippen molar-refractivity contribution in [1.82, 2.24) is 0 Å². The van der Waals surface area contributed by atoms with Crippen LogP contribution >= 0.6 is 0 Å². The van der Waals surface area contributed by atoms with Crippen LogP contribution in [0.15, 0.2) is 42.5 Å². The maximum atomic E-state index is 12.7. The summed E-state index contributed by atoms with van der Waals surface area (Å²) >= 11 is 0. The van der Waals surface area contributed by atoms with E-state index in [2.05, 4.69) is 0 Å². The Hall–Kier alpha value is -2.40. The summed E-state index contributed by atoms with van der Waals surface area (Å²) in [4.78, 5) is 24.8. The number of rotatable bonds is 4. The standard InChI is InChI=1S/C18H21NO4/c1-17(2,3)23-16(22)18(11-19,15(20)21)14-10-6-8-12-7-4-5-9-13(12)14/h4-10H,11,19H2,1-3H3,(H,20,21)/t18-/m1/s1. The Kier molecular flexibility index (Phi) is 4.43. The van der Waals surface area contributed by atoms with Gasteiger partial charge in [-0.15, -0.1) is 0 Å². The van der Waals surface area contributed by atoms with Crippen molar-refractivity contribution in [2.24, 2.45) is 5.73 Å². The van der Waals surface area contributed by atoms with E-state index < -0.39 is 23.0 Å². The second-order valence-electron chi connectivity index (χ2n) is 6.44. The van der Waals surface area contributed by atoms with Crippen LogP contribution in [0.1, 0.15) is 26.3 Å². The van der Waals surface area contributed by atoms with Crippen LogP contribution in [0.5, 0.6) is 0 Å². The van der Waals surface area contributed by atoms with Crippen molar-refractivity contribution in [2.75, 3.05) is 6.54 Å². The summed E-state index contributed by atoms with van der Waals surface area (Å²) in [6.07, 6.45) is 0. The summed E-state index contributed by atoms with van der Waals surface area (Å²) in [6.45, 7) is 4.69. The highest BCUT2D eigenvalue weighted by molar-refractivity contribution is 6.09. The maximum Gasteiger partial charge on any atom is 0.329 e. The van der Waals surface area contributed by atoms with Crippen molar-refractivity contribution in [3.63, 3.8) is 0 Å². The van der Waals surface area contributed by atoms with Crippen LogP contribution in [0.2, 0.25) is 0 Å². The molecule has 2 aromatic rings. The van der Waals surface area contributed by atoms with Crippen LogP contribution in [-0.4, -0.2) is 29.2 Å². The van der Waals surface area contributed by atoms with E-state index in [0.29, 0.717) is 10.9 Å². The van der Waals surface area contributed by atoms with Crippen LogP contribution in [0, 0.1) is 0 Å². The minimum atomic E-state index is -1.94. The van der Waals surface area contributed by atoms with Gasteiger partial charge < -0.3 is 15.6 Å². The summed E-state index contributed by atoms with van der Waals surface area (Å²) in [5.74, 6) is -2.16. The molecule has 3 N–H and O–H groups in total. The average Bonchev–Trinajstić information content (AvgIpc) is 2.46. The molecule has 0 amide bonds. The Labute approximate surface area is 135 Å². The molecule has 122 valence electrons. The van der Waals surface area contributed by atoms with Gasteiger partial charge in [-0.3, -0.25) is 9.59 Å². The first-order valence-electron chi connectivity index (χ1n) is 7.37. The third-order valence-corrected chi connectivity index (χ3v) is 3.67. The molecule has 0 aliphatic heterocycles. The largest absolute Gasteiger partial charge is 0.480 e. The fraction of sp³-hybridized carbons (Fsp3) is 0.333. The molecule has 2 aromatic carbocycles. The molecule has 0 spiro atoms. The van der Waals surface area contributed by atoms with Gasteiger partial charge in [-0.25, -0.2) is 0 Å². The lowest BCUT2D eigenvalue weighted by atomic mass is 9.78. The third kappa shape index (κ3) is 3.05. The summed E-state index contributed by atoms with van der Waals surface area (Å²) in [7, 11) is 0. The second-order valence-corrected chi connectivity index (χ2v) is 6.44. The number of hydrogen-bond donors (Lipinski definition) is 2. The molecule has 0 bridgehead atoms. The molecule has 5 nitrogen and oxygen atoms in total. The van der Waals surface area contributed by atoms with E-state index in [1.807, 2.05) is 18.2 Å². The zero-order valence-electron chi connectivity index (χ0n) is 13.5. The number of carboxylic acids is 1. The van der Waals surface area contributed by atoms with E-state index in [9.17, 15) is 14.7 Å². The Morgan fingerprint density at radius 1 is 1.09 bits per heavy atom. The number of carboxylic acid groups (broad SMARTS) is 1. The number of aliphatic carboxylic acids is 1. The number of hydrogen-bond acceptors (Lipinski definition) is 4. The van der Waals surface area contributed by atoms with Crippen molar-refractivity contribution in [1.29, 1.82) is 0 Å². The van der Waals surface area contributed by atoms with Gasteiger partial charge in [0, 0.05) is 6.54 Å². The molecule has 0 unspecified atom stereocenters. The number of fused-ring (bicyclic) bond motifs is 1. The van der Waals surface area contributed by atoms with Crippen molar-refractivity contribution in [2.45, 2.75) is 31.8 Å². The Balaban J connectivity index is 2.72. The number of carbonyl (C=O) groups excluding carboxylic acids is 1. The first-order chi connectivity index (χ1) is 10.7. The number of nitrogens with two attached hydrogens (primary N) is 1. The Bertz CT molecular complexity index is 743. The molecular weight excluding hydrogens is 294 g/mol. The molecule has 2 rings (SSSR count). The number of esters is 1. The quantitative estimate of drug-likeness (QED) is 0.668. The average molecular weight is 315 g/mol. The Morgan fingerprint density at radius 2 is 1.70 bits per heavy atom. The van der Waals surface area contributed by atoms with Gasteiger partial charge in [0.2, 0.25) is 5.41 Å². The molecule has 0 aliphatic rings. The molecule has 23 heavy (non-hydrogen) atoms. The summed E-state index contributed by atoms with van der Waals surface area (Å²) in [6, 6.07) is 12.5. The van der Waals surface area contributed by atoms with Gasteiger partial charge in [-0.1, -0.05) is 42.5 Å². The van der Waals surface area contributed by atoms with Crippen LogP contribution in [0.4, 0.5) is 0 Å². The van der Waals surface area contributed by atoms with Crippen LogP contribution in [0.3, 0.4) is 0 Å². The zero-order chi connectivity index (χ0) is 17.3. The van der Waals surface area contributed by atoms with Crippen LogP contribution < -0.4 is 5.73 Å². The van der Waals surface area contributed by atoms with Gasteiger partial charge >= 0.3 is 11.9 Å². The lowest BCUT2D eigenvalue weighted by Gasteiger charge is -2.31. The molecular formula is C18H21NO4. The van der Waals surface area contributed by atoms with Crippen molar-refractivity contribution in [3.8, 4) is 0 Å². The minimum absolute atomic E-state index is 0.347. The summed E-state index contributed by atoms with van der Waals surface area (Å²) < 4.78 is 5.36. The number of carbonyl (C=O) groups is 2. The predicted octanol–water partition coefficient (Wildman–Crippen LogP) is 2.46. The summed E-state index contributed by atoms with van der Waals surface area (Å²) in [5.41, 5.74) is 3.37. The van der Waals surface area contributed by atoms with E-state index >= 15 is 0 Å². The number of benzene rings is 2. The van der Waals surface area contributed by atoms with Gasteiger partial charge in [-0.2, -0.15) is 0 Å². The fourth-order valence-electron chi connectivity index (χ4n) is 2.56. The number of ether oxygens (including phenoxy) is 1. The molecule has 0 aliphatic carbocycles. The molecule has 0 aromatic heterocycles. The van der Waals surface area contributed by atoms with Gasteiger partial charge in [-0.05, 0) is 37.1 Å². The van der Waals surface area contributed by atoms with Crippen LogP contribution in [-0.2, 0) is 19.7 Å². The molecule has 0 saturated carbocycles. The van der Waals surface area contributed by atoms with E-state index in [1.165, 1.54) is 0 Å². The molecule has 1 atom stereocenters. The first kappa shape index (κ1) is 17.0. The van der Waals surface area contributed by atoms with Gasteiger partial charge in [0.05, 0.1) is 0 Å². The van der Waals surface area contributed by atoms with Crippen molar-refractivity contribution < 1.29 is 19.4 Å². The SMILES string of the molecule is CC(C)(C)OC(=O)[C@@](CN)(C(=O)O)c1cccc2ccccc12. The highest BCUT2D eigenvalue weighted by Gasteiger charge is 2.50. The smallest absolute Gasteiger partial charge is 0.329 e. The van der Waals surface area contributed by atoms with E-state index in [4.69, 9.17) is 10.5 Å². The zero-order valence-corrected chi connectivity index (χ0v) is 13.5. The van der Waals surface area contributed by atoms with Gasteiger partial charge in [0.15, 0.2) is 0 Å². The van der Waals surface area contributed by atoms with Crippen molar-refractivity contribution in [3.05, 3.63) is 48.0 Å². The lowest BCUT2D eigenvalue weighted by Crippen LogP contribution is -2.52. The fourth-order valence-corrected chi connectivity index (χ4v) is 2.56. The van der Waals surface area contributed by atoms with Crippen molar-refractivity contribution >= 4 is 22.7 Å². The van der Waals surface area contributed by atoms with Gasteiger partial charge in [0.25, 0.3) is 0 Å². The lowest BCUT2D eigenvalue weighted by molar-refractivity contribution is -0.169. The van der Waals surface area contributed by atoms with E-state index in [1.54, 1.807) is 45.0 Å². The first-order valence-corrected chi connectivity index (χ1v) is 7.37. The second kappa shape index (κ2) is 6.01. The van der Waals surface area contributed by atoms with Crippen LogP contribution in [0.25, 0.3) is 10.8 Å². The molecule has 0 radical (unpaired) electrons. The van der Waals surface area contributed by atoms with Gasteiger partial charge in [0.1, 0.15) is 5.60 Å². The Morgan fingerprint density at radius 3 is 2.26 bits per heavy atom. The molecule has 0 fully saturated rings. The normalized spacial score (nSPS) is 14.3. The molecule has 0 heterocycles. The highest BCUT2D eigenvalue weighted by atomic mass is 16.6. The monoisotopic (exact) mass is 315 g/mol. The predicted molar refractivity (Wildman–Crippen MR) is 88.2 cm³/mol. The third-order valence-electron chi connectivity index (χ3n) is 3.67. The molecule has 5 heteroatoms. The topological polar surface area (TPSA) is 89.6 Å². The van der Waals surface area contributed by atoms with E-state index in [-0.39, 0.29) is 6.54 Å². The summed E-state index contributed by atoms with van der Waals surface area (Å²) in [5, 5.41) is 11.3. The maximum absolute atomic E-state index is 12.7. The highest BCUT2D eigenvalue weighted by Crippen LogP contribution is 2.33.